The molecule has 0 saturated carbocycles. The number of hydrogen-bond acceptors (Lipinski definition) is 8. The summed E-state index contributed by atoms with van der Waals surface area (Å²) in [5.41, 5.74) is 0.974. The lowest BCUT2D eigenvalue weighted by molar-refractivity contribution is -0.137. The predicted octanol–water partition coefficient (Wildman–Crippen LogP) is 3.73. The maximum absolute atomic E-state index is 13.1. The standard InChI is InChI=1S/C20H25N3O4S3/c1-6-27-16(25)9-15-22(14(24)10-29-15)7-8-28-20-21-18-17(12(4)13(5)30-18)19(26)23(20)11(2)3/h9,11H,6-8,10H2,1-5H3/b15-9-. The Hall–Kier alpha value is -1.78. The zero-order valence-corrected chi connectivity index (χ0v) is 20.1. The van der Waals surface area contributed by atoms with Gasteiger partial charge in [0.25, 0.3) is 5.56 Å². The summed E-state index contributed by atoms with van der Waals surface area (Å²) in [4.78, 5) is 45.3. The molecule has 0 atom stereocenters. The van der Waals surface area contributed by atoms with Crippen molar-refractivity contribution in [3.8, 4) is 0 Å². The third-order valence-electron chi connectivity index (χ3n) is 4.70. The van der Waals surface area contributed by atoms with Crippen LogP contribution in [0.25, 0.3) is 10.2 Å². The molecule has 3 heterocycles. The molecule has 10 heteroatoms. The molecule has 1 saturated heterocycles. The van der Waals surface area contributed by atoms with E-state index in [1.54, 1.807) is 16.4 Å². The summed E-state index contributed by atoms with van der Waals surface area (Å²) in [7, 11) is 0. The van der Waals surface area contributed by atoms with Gasteiger partial charge in [0, 0.05) is 23.2 Å². The molecule has 1 aliphatic heterocycles. The number of carbonyl (C=O) groups is 2. The van der Waals surface area contributed by atoms with Crippen LogP contribution in [0.5, 0.6) is 0 Å². The van der Waals surface area contributed by atoms with Gasteiger partial charge in [-0.15, -0.1) is 11.3 Å². The highest BCUT2D eigenvalue weighted by atomic mass is 32.2. The average Bonchev–Trinajstić information content (AvgIpc) is 3.15. The number of hydrogen-bond donors (Lipinski definition) is 0. The van der Waals surface area contributed by atoms with Crippen molar-refractivity contribution in [2.24, 2.45) is 0 Å². The SMILES string of the molecule is CCOC(=O)/C=C1\SCC(=O)N1CCSc1nc2sc(C)c(C)c2c(=O)n1C(C)C. The van der Waals surface area contributed by atoms with Gasteiger partial charge in [0.2, 0.25) is 5.91 Å². The lowest BCUT2D eigenvalue weighted by Gasteiger charge is -2.18. The molecule has 1 aliphatic rings. The largest absolute Gasteiger partial charge is 0.463 e. The molecule has 0 radical (unpaired) electrons. The van der Waals surface area contributed by atoms with Crippen molar-refractivity contribution in [3.05, 3.63) is 31.9 Å². The number of thioether (sulfide) groups is 2. The van der Waals surface area contributed by atoms with E-state index in [9.17, 15) is 14.4 Å². The fourth-order valence-corrected chi connectivity index (χ4v) is 6.21. The van der Waals surface area contributed by atoms with E-state index in [1.165, 1.54) is 40.9 Å². The van der Waals surface area contributed by atoms with E-state index in [4.69, 9.17) is 9.72 Å². The van der Waals surface area contributed by atoms with Gasteiger partial charge in [-0.05, 0) is 40.2 Å². The Bertz CT molecular complexity index is 1070. The molecule has 0 aliphatic carbocycles. The van der Waals surface area contributed by atoms with Crippen LogP contribution < -0.4 is 5.56 Å². The fraction of sp³-hybridized carbons (Fsp3) is 0.500. The lowest BCUT2D eigenvalue weighted by Crippen LogP contribution is -2.28. The minimum atomic E-state index is -0.448. The van der Waals surface area contributed by atoms with E-state index in [-0.39, 0.29) is 17.5 Å². The second-order valence-corrected chi connectivity index (χ2v) is 10.3. The van der Waals surface area contributed by atoms with E-state index in [1.807, 2.05) is 27.7 Å². The highest BCUT2D eigenvalue weighted by molar-refractivity contribution is 8.04. The molecule has 0 spiro atoms. The first kappa shape index (κ1) is 22.9. The van der Waals surface area contributed by atoms with Gasteiger partial charge in [0.1, 0.15) is 4.83 Å². The highest BCUT2D eigenvalue weighted by Gasteiger charge is 2.27. The lowest BCUT2D eigenvalue weighted by atomic mass is 10.2. The van der Waals surface area contributed by atoms with E-state index in [2.05, 4.69) is 0 Å². The second kappa shape index (κ2) is 9.57. The summed E-state index contributed by atoms with van der Waals surface area (Å²) in [6.45, 7) is 10.4. The first-order chi connectivity index (χ1) is 14.2. The number of aryl methyl sites for hydroxylation is 2. The summed E-state index contributed by atoms with van der Waals surface area (Å²) in [6.07, 6.45) is 1.37. The first-order valence-electron chi connectivity index (χ1n) is 9.71. The molecular formula is C20H25N3O4S3. The predicted molar refractivity (Wildman–Crippen MR) is 123 cm³/mol. The number of esters is 1. The minimum absolute atomic E-state index is 0.0185. The van der Waals surface area contributed by atoms with Crippen molar-refractivity contribution in [2.45, 2.75) is 45.8 Å². The van der Waals surface area contributed by atoms with Gasteiger partial charge in [-0.1, -0.05) is 23.5 Å². The van der Waals surface area contributed by atoms with Crippen LogP contribution in [0.1, 0.15) is 37.3 Å². The van der Waals surface area contributed by atoms with Crippen molar-refractivity contribution in [3.63, 3.8) is 0 Å². The maximum Gasteiger partial charge on any atom is 0.333 e. The zero-order chi connectivity index (χ0) is 22.0. The summed E-state index contributed by atoms with van der Waals surface area (Å²) in [5, 5.41) is 1.95. The zero-order valence-electron chi connectivity index (χ0n) is 17.7. The van der Waals surface area contributed by atoms with Crippen molar-refractivity contribution in [2.75, 3.05) is 24.7 Å². The van der Waals surface area contributed by atoms with Gasteiger partial charge in [-0.3, -0.25) is 14.2 Å². The van der Waals surface area contributed by atoms with Gasteiger partial charge in [-0.2, -0.15) is 0 Å². The average molecular weight is 468 g/mol. The van der Waals surface area contributed by atoms with E-state index < -0.39 is 5.97 Å². The normalized spacial score (nSPS) is 15.7. The molecule has 0 unspecified atom stereocenters. The van der Waals surface area contributed by atoms with Crippen molar-refractivity contribution in [1.82, 2.24) is 14.5 Å². The van der Waals surface area contributed by atoms with Crippen LogP contribution in [-0.4, -0.2) is 51.0 Å². The number of amides is 1. The topological polar surface area (TPSA) is 81.5 Å². The molecule has 30 heavy (non-hydrogen) atoms. The van der Waals surface area contributed by atoms with E-state index >= 15 is 0 Å². The monoisotopic (exact) mass is 467 g/mol. The molecule has 2 aromatic rings. The minimum Gasteiger partial charge on any atom is -0.463 e. The van der Waals surface area contributed by atoms with Crippen LogP contribution in [0.3, 0.4) is 0 Å². The van der Waals surface area contributed by atoms with Crippen LogP contribution in [0.2, 0.25) is 0 Å². The molecule has 2 aromatic heterocycles. The summed E-state index contributed by atoms with van der Waals surface area (Å²) < 4.78 is 6.67. The number of carbonyl (C=O) groups excluding carboxylic acids is 2. The number of thiophene rings is 1. The quantitative estimate of drug-likeness (QED) is 0.266. The molecule has 1 amide bonds. The Labute approximate surface area is 187 Å². The molecule has 0 N–H and O–H groups in total. The fourth-order valence-electron chi connectivity index (χ4n) is 3.13. The van der Waals surface area contributed by atoms with Crippen molar-refractivity contribution >= 4 is 57.0 Å². The molecule has 162 valence electrons. The summed E-state index contributed by atoms with van der Waals surface area (Å²) in [6, 6.07) is -0.0280. The maximum atomic E-state index is 13.1. The van der Waals surface area contributed by atoms with Gasteiger partial charge >= 0.3 is 5.97 Å². The number of ether oxygens (including phenoxy) is 1. The number of fused-ring (bicyclic) bond motifs is 1. The first-order valence-corrected chi connectivity index (χ1v) is 12.5. The van der Waals surface area contributed by atoms with E-state index in [0.717, 1.165) is 15.3 Å². The number of nitrogens with zero attached hydrogens (tertiary/aromatic N) is 3. The Balaban J connectivity index is 1.81. The number of aromatic nitrogens is 2. The Morgan fingerprint density at radius 3 is 2.73 bits per heavy atom. The van der Waals surface area contributed by atoms with Gasteiger partial charge in [-0.25, -0.2) is 9.78 Å². The van der Waals surface area contributed by atoms with Gasteiger partial charge < -0.3 is 9.64 Å². The smallest absolute Gasteiger partial charge is 0.333 e. The highest BCUT2D eigenvalue weighted by Crippen LogP contribution is 2.31. The van der Waals surface area contributed by atoms with Crippen molar-refractivity contribution < 1.29 is 14.3 Å². The van der Waals surface area contributed by atoms with Crippen molar-refractivity contribution in [1.29, 1.82) is 0 Å². The third kappa shape index (κ3) is 4.60. The molecule has 3 rings (SSSR count). The molecule has 1 fully saturated rings. The van der Waals surface area contributed by atoms with Gasteiger partial charge in [0.05, 0.1) is 28.9 Å². The van der Waals surface area contributed by atoms with E-state index in [0.29, 0.717) is 40.2 Å². The second-order valence-electron chi connectivity index (χ2n) is 7.04. The van der Waals surface area contributed by atoms with Crippen LogP contribution in [-0.2, 0) is 14.3 Å². The molecule has 0 bridgehead atoms. The van der Waals surface area contributed by atoms with Crippen LogP contribution in [0.4, 0.5) is 0 Å². The summed E-state index contributed by atoms with van der Waals surface area (Å²) >= 11 is 4.32. The van der Waals surface area contributed by atoms with Crippen LogP contribution >= 0.6 is 34.9 Å². The molecular weight excluding hydrogens is 442 g/mol. The number of rotatable bonds is 7. The van der Waals surface area contributed by atoms with Crippen LogP contribution in [0.15, 0.2) is 21.1 Å². The van der Waals surface area contributed by atoms with Crippen LogP contribution in [0, 0.1) is 13.8 Å². The third-order valence-corrected chi connectivity index (χ3v) is 7.76. The Kier molecular flexibility index (Phi) is 7.30. The van der Waals surface area contributed by atoms with Gasteiger partial charge in [0.15, 0.2) is 5.16 Å². The summed E-state index contributed by atoms with van der Waals surface area (Å²) in [5.74, 6) is 0.382. The Morgan fingerprint density at radius 2 is 2.07 bits per heavy atom. The molecule has 7 nitrogen and oxygen atoms in total. The Morgan fingerprint density at radius 1 is 1.33 bits per heavy atom. The molecule has 0 aromatic carbocycles.